The van der Waals surface area contributed by atoms with Crippen molar-refractivity contribution in [3.05, 3.63) is 0 Å². The van der Waals surface area contributed by atoms with Crippen LogP contribution in [-0.2, 0) is 4.74 Å². The van der Waals surface area contributed by atoms with Crippen LogP contribution in [0.15, 0.2) is 0 Å². The number of nitrogens with one attached hydrogen (secondary N) is 1. The predicted octanol–water partition coefficient (Wildman–Crippen LogP) is 1.41. The molecule has 3 unspecified atom stereocenters. The zero-order valence-corrected chi connectivity index (χ0v) is 7.76. The van der Waals surface area contributed by atoms with Gasteiger partial charge in [0.1, 0.15) is 0 Å². The Morgan fingerprint density at radius 3 is 2.55 bits per heavy atom. The lowest BCUT2D eigenvalue weighted by Crippen LogP contribution is -2.37. The topological polar surface area (TPSA) is 21.3 Å². The minimum atomic E-state index is 0.483. The van der Waals surface area contributed by atoms with Crippen LogP contribution in [0, 0.1) is 5.92 Å². The summed E-state index contributed by atoms with van der Waals surface area (Å²) in [5.41, 5.74) is 0. The van der Waals surface area contributed by atoms with Crippen molar-refractivity contribution in [2.24, 2.45) is 5.92 Å². The number of methoxy groups -OCH3 is 1. The monoisotopic (exact) mass is 157 g/mol. The summed E-state index contributed by atoms with van der Waals surface area (Å²) >= 11 is 0. The maximum absolute atomic E-state index is 5.35. The van der Waals surface area contributed by atoms with Crippen LogP contribution in [0.1, 0.15) is 26.2 Å². The van der Waals surface area contributed by atoms with E-state index in [1.54, 1.807) is 0 Å². The zero-order valence-electron chi connectivity index (χ0n) is 7.76. The largest absolute Gasteiger partial charge is 0.381 e. The fraction of sp³-hybridized carbons (Fsp3) is 1.00. The summed E-state index contributed by atoms with van der Waals surface area (Å²) in [5, 5.41) is 3.32. The molecule has 1 rings (SSSR count). The van der Waals surface area contributed by atoms with E-state index in [4.69, 9.17) is 4.74 Å². The fourth-order valence-corrected chi connectivity index (χ4v) is 1.97. The molecule has 3 atom stereocenters. The second-order valence-corrected chi connectivity index (χ2v) is 3.66. The molecule has 0 aliphatic heterocycles. The molecule has 0 bridgehead atoms. The third-order valence-corrected chi connectivity index (χ3v) is 2.64. The van der Waals surface area contributed by atoms with Gasteiger partial charge in [-0.2, -0.15) is 0 Å². The standard InChI is InChI=1S/C9H19NO/c1-7-4-8(10-2)6-9(5-7)11-3/h7-10H,4-6H2,1-3H3. The van der Waals surface area contributed by atoms with Gasteiger partial charge in [-0.15, -0.1) is 0 Å². The summed E-state index contributed by atoms with van der Waals surface area (Å²) in [6, 6.07) is 0.670. The van der Waals surface area contributed by atoms with Gasteiger partial charge in [0.15, 0.2) is 0 Å². The SMILES string of the molecule is CNC1CC(C)CC(OC)C1. The molecule has 1 fully saturated rings. The molecule has 1 saturated carbocycles. The van der Waals surface area contributed by atoms with Crippen LogP contribution in [-0.4, -0.2) is 26.3 Å². The van der Waals surface area contributed by atoms with E-state index in [-0.39, 0.29) is 0 Å². The predicted molar refractivity (Wildman–Crippen MR) is 46.7 cm³/mol. The minimum absolute atomic E-state index is 0.483. The first-order valence-corrected chi connectivity index (χ1v) is 4.46. The average Bonchev–Trinajstić information content (AvgIpc) is 2.03. The molecule has 0 heterocycles. The summed E-state index contributed by atoms with van der Waals surface area (Å²) in [4.78, 5) is 0. The average molecular weight is 157 g/mol. The Hall–Kier alpha value is -0.0800. The molecule has 0 spiro atoms. The van der Waals surface area contributed by atoms with Gasteiger partial charge in [-0.3, -0.25) is 0 Å². The molecule has 1 aliphatic rings. The molecule has 1 N–H and O–H groups in total. The van der Waals surface area contributed by atoms with Gasteiger partial charge in [0.25, 0.3) is 0 Å². The Balaban J connectivity index is 2.37. The molecule has 0 aromatic heterocycles. The highest BCUT2D eigenvalue weighted by Gasteiger charge is 2.24. The molecule has 0 saturated heterocycles. The Kier molecular flexibility index (Phi) is 3.34. The smallest absolute Gasteiger partial charge is 0.0588 e. The van der Waals surface area contributed by atoms with Crippen molar-refractivity contribution in [1.82, 2.24) is 5.32 Å². The third-order valence-electron chi connectivity index (χ3n) is 2.64. The molecule has 1 aliphatic carbocycles. The van der Waals surface area contributed by atoms with Crippen LogP contribution in [0.4, 0.5) is 0 Å². The highest BCUT2D eigenvalue weighted by Crippen LogP contribution is 2.25. The van der Waals surface area contributed by atoms with Crippen LogP contribution in [0.2, 0.25) is 0 Å². The Labute approximate surface area is 69.3 Å². The zero-order chi connectivity index (χ0) is 8.27. The van der Waals surface area contributed by atoms with Crippen molar-refractivity contribution in [3.8, 4) is 0 Å². The van der Waals surface area contributed by atoms with Crippen LogP contribution in [0.25, 0.3) is 0 Å². The summed E-state index contributed by atoms with van der Waals surface area (Å²) < 4.78 is 5.35. The molecule has 2 heteroatoms. The van der Waals surface area contributed by atoms with Crippen molar-refractivity contribution in [2.45, 2.75) is 38.3 Å². The molecule has 0 aromatic carbocycles. The van der Waals surface area contributed by atoms with Crippen molar-refractivity contribution >= 4 is 0 Å². The Bertz CT molecular complexity index is 104. The van der Waals surface area contributed by atoms with Gasteiger partial charge in [-0.25, -0.2) is 0 Å². The molecule has 0 aromatic rings. The van der Waals surface area contributed by atoms with Crippen LogP contribution >= 0.6 is 0 Å². The van der Waals surface area contributed by atoms with E-state index in [1.165, 1.54) is 19.3 Å². The highest BCUT2D eigenvalue weighted by molar-refractivity contribution is 4.80. The van der Waals surface area contributed by atoms with Crippen molar-refractivity contribution in [2.75, 3.05) is 14.2 Å². The summed E-state index contributed by atoms with van der Waals surface area (Å²) in [6.07, 6.45) is 4.19. The van der Waals surface area contributed by atoms with Crippen LogP contribution < -0.4 is 5.32 Å². The van der Waals surface area contributed by atoms with E-state index in [2.05, 4.69) is 12.2 Å². The lowest BCUT2D eigenvalue weighted by Gasteiger charge is -2.32. The minimum Gasteiger partial charge on any atom is -0.381 e. The van der Waals surface area contributed by atoms with Gasteiger partial charge in [0, 0.05) is 13.2 Å². The normalized spacial score (nSPS) is 39.0. The van der Waals surface area contributed by atoms with E-state index in [0.29, 0.717) is 12.1 Å². The molecule has 66 valence electrons. The first kappa shape index (κ1) is 9.01. The molecule has 2 nitrogen and oxygen atoms in total. The van der Waals surface area contributed by atoms with Crippen LogP contribution in [0.3, 0.4) is 0 Å². The second kappa shape index (κ2) is 4.07. The van der Waals surface area contributed by atoms with Gasteiger partial charge >= 0.3 is 0 Å². The number of rotatable bonds is 2. The Morgan fingerprint density at radius 2 is 2.00 bits per heavy atom. The molecule has 0 radical (unpaired) electrons. The molecule has 0 amide bonds. The first-order valence-electron chi connectivity index (χ1n) is 4.46. The highest BCUT2D eigenvalue weighted by atomic mass is 16.5. The van der Waals surface area contributed by atoms with Gasteiger partial charge in [0.05, 0.1) is 6.10 Å². The summed E-state index contributed by atoms with van der Waals surface area (Å²) in [7, 11) is 3.85. The van der Waals surface area contributed by atoms with E-state index in [9.17, 15) is 0 Å². The van der Waals surface area contributed by atoms with Crippen molar-refractivity contribution in [1.29, 1.82) is 0 Å². The third kappa shape index (κ3) is 2.46. The van der Waals surface area contributed by atoms with Gasteiger partial charge in [0.2, 0.25) is 0 Å². The lowest BCUT2D eigenvalue weighted by molar-refractivity contribution is 0.0422. The first-order chi connectivity index (χ1) is 5.26. The van der Waals surface area contributed by atoms with E-state index in [0.717, 1.165) is 5.92 Å². The number of ether oxygens (including phenoxy) is 1. The van der Waals surface area contributed by atoms with E-state index < -0.39 is 0 Å². The number of hydrogen-bond donors (Lipinski definition) is 1. The Morgan fingerprint density at radius 1 is 1.27 bits per heavy atom. The van der Waals surface area contributed by atoms with E-state index in [1.807, 2.05) is 14.2 Å². The van der Waals surface area contributed by atoms with Gasteiger partial charge in [-0.05, 0) is 32.2 Å². The number of hydrogen-bond acceptors (Lipinski definition) is 2. The van der Waals surface area contributed by atoms with Crippen LogP contribution in [0.5, 0.6) is 0 Å². The molecular weight excluding hydrogens is 138 g/mol. The van der Waals surface area contributed by atoms with Crippen molar-refractivity contribution in [3.63, 3.8) is 0 Å². The maximum atomic E-state index is 5.35. The fourth-order valence-electron chi connectivity index (χ4n) is 1.97. The second-order valence-electron chi connectivity index (χ2n) is 3.66. The van der Waals surface area contributed by atoms with Gasteiger partial charge in [-0.1, -0.05) is 6.92 Å². The van der Waals surface area contributed by atoms with E-state index >= 15 is 0 Å². The maximum Gasteiger partial charge on any atom is 0.0588 e. The molecule has 11 heavy (non-hydrogen) atoms. The lowest BCUT2D eigenvalue weighted by atomic mass is 9.85. The van der Waals surface area contributed by atoms with Crippen molar-refractivity contribution < 1.29 is 4.74 Å². The molecular formula is C9H19NO. The quantitative estimate of drug-likeness (QED) is 0.654. The summed E-state index contributed by atoms with van der Waals surface area (Å²) in [6.45, 7) is 2.30. The summed E-state index contributed by atoms with van der Waals surface area (Å²) in [5.74, 6) is 0.811. The van der Waals surface area contributed by atoms with Gasteiger partial charge < -0.3 is 10.1 Å².